The molecule has 0 aliphatic rings. The molecule has 0 saturated heterocycles. The van der Waals surface area contributed by atoms with Crippen molar-refractivity contribution in [3.63, 3.8) is 0 Å². The average Bonchev–Trinajstić information content (AvgIpc) is 2.92. The molecule has 1 aromatic heterocycles. The van der Waals surface area contributed by atoms with Crippen LogP contribution in [0.2, 0.25) is 0 Å². The number of hydrogen-bond donors (Lipinski definition) is 3. The van der Waals surface area contributed by atoms with E-state index in [9.17, 15) is 4.79 Å². The maximum atomic E-state index is 12.2. The van der Waals surface area contributed by atoms with E-state index in [0.717, 1.165) is 16.7 Å². The Balaban J connectivity index is 1.55. The van der Waals surface area contributed by atoms with E-state index >= 15 is 0 Å². The lowest BCUT2D eigenvalue weighted by Gasteiger charge is -2.12. The molecular formula is C19H21N5OS. The lowest BCUT2D eigenvalue weighted by molar-refractivity contribution is -0.121. The fourth-order valence-corrected chi connectivity index (χ4v) is 2.82. The summed E-state index contributed by atoms with van der Waals surface area (Å²) in [5, 5.41) is 3.37. The van der Waals surface area contributed by atoms with Gasteiger partial charge in [0.15, 0.2) is 5.11 Å². The Bertz CT molecular complexity index is 979. The van der Waals surface area contributed by atoms with Gasteiger partial charge in [0.2, 0.25) is 5.91 Å². The van der Waals surface area contributed by atoms with E-state index in [1.807, 2.05) is 61.0 Å². The first kappa shape index (κ1) is 17.9. The predicted molar refractivity (Wildman–Crippen MR) is 108 cm³/mol. The molecule has 0 atom stereocenters. The number of imidazole rings is 1. The van der Waals surface area contributed by atoms with Gasteiger partial charge in [0.05, 0.1) is 17.5 Å². The minimum Gasteiger partial charge on any atom is -0.331 e. The van der Waals surface area contributed by atoms with Crippen LogP contribution in [0.1, 0.15) is 17.0 Å². The molecule has 0 aliphatic heterocycles. The standard InChI is InChI=1S/C19H21N5OS/c1-12-8-9-14(10-13(12)2)20-19(26)23-22-18(25)11-17-21-15-6-4-5-7-16(15)24(17)3/h4-10H,11H2,1-3H3,(H,22,25)(H2,20,23,26). The Morgan fingerprint density at radius 1 is 1.12 bits per heavy atom. The molecule has 3 N–H and O–H groups in total. The van der Waals surface area contributed by atoms with Crippen LogP contribution in [0.4, 0.5) is 5.69 Å². The molecule has 7 heteroatoms. The van der Waals surface area contributed by atoms with Gasteiger partial charge in [0.25, 0.3) is 0 Å². The number of fused-ring (bicyclic) bond motifs is 1. The summed E-state index contributed by atoms with van der Waals surface area (Å²) in [6.45, 7) is 4.09. The van der Waals surface area contributed by atoms with E-state index in [4.69, 9.17) is 12.2 Å². The Kier molecular flexibility index (Phi) is 5.18. The second kappa shape index (κ2) is 7.53. The average molecular weight is 367 g/mol. The van der Waals surface area contributed by atoms with Crippen LogP contribution in [0.25, 0.3) is 11.0 Å². The van der Waals surface area contributed by atoms with Crippen LogP contribution in [0.15, 0.2) is 42.5 Å². The molecule has 0 fully saturated rings. The number of rotatable bonds is 3. The van der Waals surface area contributed by atoms with E-state index in [2.05, 4.69) is 28.1 Å². The van der Waals surface area contributed by atoms with Crippen molar-refractivity contribution in [2.75, 3.05) is 5.32 Å². The zero-order valence-electron chi connectivity index (χ0n) is 15.0. The van der Waals surface area contributed by atoms with Crippen LogP contribution in [0.3, 0.4) is 0 Å². The molecule has 6 nitrogen and oxygen atoms in total. The third-order valence-electron chi connectivity index (χ3n) is 4.28. The summed E-state index contributed by atoms with van der Waals surface area (Å²) in [4.78, 5) is 16.7. The smallest absolute Gasteiger partial charge is 0.245 e. The van der Waals surface area contributed by atoms with Gasteiger partial charge in [-0.2, -0.15) is 0 Å². The van der Waals surface area contributed by atoms with Gasteiger partial charge in [0, 0.05) is 12.7 Å². The predicted octanol–water partition coefficient (Wildman–Crippen LogP) is 2.75. The van der Waals surface area contributed by atoms with Crippen molar-refractivity contribution in [3.8, 4) is 0 Å². The number of para-hydroxylation sites is 2. The molecule has 3 aromatic rings. The highest BCUT2D eigenvalue weighted by molar-refractivity contribution is 7.80. The first-order valence-electron chi connectivity index (χ1n) is 8.27. The number of thiocarbonyl (C=S) groups is 1. The van der Waals surface area contributed by atoms with Crippen molar-refractivity contribution in [1.29, 1.82) is 0 Å². The molecule has 0 saturated carbocycles. The molecular weight excluding hydrogens is 346 g/mol. The lowest BCUT2D eigenvalue weighted by atomic mass is 10.1. The van der Waals surface area contributed by atoms with Crippen molar-refractivity contribution in [2.24, 2.45) is 7.05 Å². The van der Waals surface area contributed by atoms with Gasteiger partial charge < -0.3 is 9.88 Å². The number of carbonyl (C=O) groups is 1. The number of hydrazine groups is 1. The van der Waals surface area contributed by atoms with Gasteiger partial charge in [-0.25, -0.2) is 4.98 Å². The van der Waals surface area contributed by atoms with Crippen LogP contribution in [-0.2, 0) is 18.3 Å². The number of nitrogens with zero attached hydrogens (tertiary/aromatic N) is 2. The summed E-state index contributed by atoms with van der Waals surface area (Å²) in [7, 11) is 1.90. The van der Waals surface area contributed by atoms with Gasteiger partial charge in [-0.3, -0.25) is 15.6 Å². The number of aromatic nitrogens is 2. The number of anilines is 1. The molecule has 134 valence electrons. The van der Waals surface area contributed by atoms with Crippen LogP contribution in [0, 0.1) is 13.8 Å². The van der Waals surface area contributed by atoms with Crippen molar-refractivity contribution in [3.05, 3.63) is 59.4 Å². The summed E-state index contributed by atoms with van der Waals surface area (Å²) in [6, 6.07) is 13.7. The van der Waals surface area contributed by atoms with Crippen LogP contribution in [-0.4, -0.2) is 20.6 Å². The van der Waals surface area contributed by atoms with Gasteiger partial charge in [-0.1, -0.05) is 18.2 Å². The van der Waals surface area contributed by atoms with Gasteiger partial charge in [-0.05, 0) is 61.5 Å². The fourth-order valence-electron chi connectivity index (χ4n) is 2.65. The molecule has 1 heterocycles. The van der Waals surface area contributed by atoms with E-state index in [0.29, 0.717) is 10.9 Å². The number of carbonyl (C=O) groups excluding carboxylic acids is 1. The third-order valence-corrected chi connectivity index (χ3v) is 4.48. The van der Waals surface area contributed by atoms with Gasteiger partial charge >= 0.3 is 0 Å². The molecule has 26 heavy (non-hydrogen) atoms. The zero-order chi connectivity index (χ0) is 18.7. The molecule has 0 radical (unpaired) electrons. The van der Waals surface area contributed by atoms with E-state index in [1.165, 1.54) is 11.1 Å². The van der Waals surface area contributed by atoms with Crippen LogP contribution in [0.5, 0.6) is 0 Å². The largest absolute Gasteiger partial charge is 0.331 e. The highest BCUT2D eigenvalue weighted by Crippen LogP contribution is 2.15. The highest BCUT2D eigenvalue weighted by atomic mass is 32.1. The van der Waals surface area contributed by atoms with Crippen LogP contribution >= 0.6 is 12.2 Å². The van der Waals surface area contributed by atoms with Gasteiger partial charge in [0.1, 0.15) is 5.82 Å². The Labute approximate surface area is 157 Å². The van der Waals surface area contributed by atoms with Crippen molar-refractivity contribution < 1.29 is 4.79 Å². The highest BCUT2D eigenvalue weighted by Gasteiger charge is 2.11. The fraction of sp³-hybridized carbons (Fsp3) is 0.211. The first-order valence-corrected chi connectivity index (χ1v) is 8.68. The number of amides is 1. The summed E-state index contributed by atoms with van der Waals surface area (Å²) in [5.74, 6) is 0.478. The van der Waals surface area contributed by atoms with E-state index < -0.39 is 0 Å². The summed E-state index contributed by atoms with van der Waals surface area (Å²) in [5.41, 5.74) is 10.4. The molecule has 3 rings (SSSR count). The molecule has 0 spiro atoms. The Morgan fingerprint density at radius 3 is 2.62 bits per heavy atom. The van der Waals surface area contributed by atoms with E-state index in [-0.39, 0.29) is 12.3 Å². The SMILES string of the molecule is Cc1ccc(NC(=S)NNC(=O)Cc2nc3ccccc3n2C)cc1C. The maximum absolute atomic E-state index is 12.2. The minimum atomic E-state index is -0.215. The third kappa shape index (κ3) is 4.00. The summed E-state index contributed by atoms with van der Waals surface area (Å²) in [6.07, 6.45) is 0.157. The van der Waals surface area contributed by atoms with Gasteiger partial charge in [-0.15, -0.1) is 0 Å². The molecule has 1 amide bonds. The number of nitrogens with one attached hydrogen (secondary N) is 3. The topological polar surface area (TPSA) is 71.0 Å². The number of benzene rings is 2. The molecule has 0 unspecified atom stereocenters. The molecule has 0 aliphatic carbocycles. The van der Waals surface area contributed by atoms with E-state index in [1.54, 1.807) is 0 Å². The monoisotopic (exact) mass is 367 g/mol. The lowest BCUT2D eigenvalue weighted by Crippen LogP contribution is -2.44. The summed E-state index contributed by atoms with van der Waals surface area (Å²) >= 11 is 5.22. The minimum absolute atomic E-state index is 0.157. The summed E-state index contributed by atoms with van der Waals surface area (Å²) < 4.78 is 1.92. The molecule has 2 aromatic carbocycles. The van der Waals surface area contributed by atoms with Crippen LogP contribution < -0.4 is 16.2 Å². The normalized spacial score (nSPS) is 10.6. The Morgan fingerprint density at radius 2 is 1.88 bits per heavy atom. The second-order valence-electron chi connectivity index (χ2n) is 6.18. The number of hydrogen-bond acceptors (Lipinski definition) is 3. The zero-order valence-corrected chi connectivity index (χ0v) is 15.8. The van der Waals surface area contributed by atoms with Crippen molar-refractivity contribution >= 4 is 40.0 Å². The Hall–Kier alpha value is -2.93. The van der Waals surface area contributed by atoms with Crippen molar-refractivity contribution in [2.45, 2.75) is 20.3 Å². The quantitative estimate of drug-likeness (QED) is 0.490. The molecule has 0 bridgehead atoms. The van der Waals surface area contributed by atoms with Crippen molar-refractivity contribution in [1.82, 2.24) is 20.4 Å². The maximum Gasteiger partial charge on any atom is 0.245 e. The number of aryl methyl sites for hydroxylation is 3. The second-order valence-corrected chi connectivity index (χ2v) is 6.59. The first-order chi connectivity index (χ1) is 12.4.